The van der Waals surface area contributed by atoms with E-state index in [0.29, 0.717) is 18.0 Å². The standard InChI is InChI=1S/C18H18ClNO3S/c19-15-8-10-17(11-9-15)24(22,23)13-14-5-4-12-20(18(14)21)16-6-2-1-3-7-16/h1-3,6-11,14H,4-5,12-13H2. The van der Waals surface area contributed by atoms with Crippen molar-refractivity contribution < 1.29 is 13.2 Å². The number of carbonyl (C=O) groups is 1. The molecule has 0 spiro atoms. The lowest BCUT2D eigenvalue weighted by atomic mass is 9.98. The van der Waals surface area contributed by atoms with Gasteiger partial charge in [-0.15, -0.1) is 0 Å². The van der Waals surface area contributed by atoms with E-state index in [1.165, 1.54) is 12.1 Å². The van der Waals surface area contributed by atoms with E-state index >= 15 is 0 Å². The summed E-state index contributed by atoms with van der Waals surface area (Å²) in [6, 6.07) is 15.4. The van der Waals surface area contributed by atoms with E-state index in [1.807, 2.05) is 30.3 Å². The fraction of sp³-hybridized carbons (Fsp3) is 0.278. The third-order valence-corrected chi connectivity index (χ3v) is 6.29. The van der Waals surface area contributed by atoms with Gasteiger partial charge in [0.05, 0.1) is 16.6 Å². The van der Waals surface area contributed by atoms with Gasteiger partial charge in [0.25, 0.3) is 0 Å². The summed E-state index contributed by atoms with van der Waals surface area (Å²) in [4.78, 5) is 14.6. The molecule has 0 aromatic heterocycles. The highest BCUT2D eigenvalue weighted by Gasteiger charge is 2.33. The average Bonchev–Trinajstić information content (AvgIpc) is 2.58. The molecule has 1 atom stereocenters. The molecule has 6 heteroatoms. The van der Waals surface area contributed by atoms with Crippen LogP contribution in [0.25, 0.3) is 0 Å². The lowest BCUT2D eigenvalue weighted by Crippen LogP contribution is -2.43. The Balaban J connectivity index is 1.79. The van der Waals surface area contributed by atoms with Crippen LogP contribution in [0.3, 0.4) is 0 Å². The maximum atomic E-state index is 12.7. The predicted octanol–water partition coefficient (Wildman–Crippen LogP) is 3.56. The van der Waals surface area contributed by atoms with Crippen molar-refractivity contribution >= 4 is 33.0 Å². The molecule has 1 heterocycles. The number of carbonyl (C=O) groups excluding carboxylic acids is 1. The molecular formula is C18H18ClNO3S. The maximum absolute atomic E-state index is 12.7. The maximum Gasteiger partial charge on any atom is 0.231 e. The Morgan fingerprint density at radius 2 is 1.71 bits per heavy atom. The minimum absolute atomic E-state index is 0.120. The van der Waals surface area contributed by atoms with Crippen LogP contribution in [0.1, 0.15) is 12.8 Å². The molecule has 1 unspecified atom stereocenters. The topological polar surface area (TPSA) is 54.5 Å². The molecule has 126 valence electrons. The highest BCUT2D eigenvalue weighted by atomic mass is 35.5. The minimum atomic E-state index is -3.52. The molecule has 0 N–H and O–H groups in total. The van der Waals surface area contributed by atoms with E-state index in [2.05, 4.69) is 0 Å². The fourth-order valence-corrected chi connectivity index (χ4v) is 4.68. The number of para-hydroxylation sites is 1. The summed E-state index contributed by atoms with van der Waals surface area (Å²) in [5.41, 5.74) is 0.816. The molecule has 1 aliphatic rings. The van der Waals surface area contributed by atoms with Gasteiger partial charge in [0.15, 0.2) is 9.84 Å². The molecule has 2 aromatic rings. The number of benzene rings is 2. The Morgan fingerprint density at radius 1 is 1.04 bits per heavy atom. The van der Waals surface area contributed by atoms with Gasteiger partial charge in [-0.3, -0.25) is 4.79 Å². The van der Waals surface area contributed by atoms with Gasteiger partial charge >= 0.3 is 0 Å². The molecule has 24 heavy (non-hydrogen) atoms. The highest BCUT2D eigenvalue weighted by Crippen LogP contribution is 2.27. The zero-order valence-corrected chi connectivity index (χ0v) is 14.6. The van der Waals surface area contributed by atoms with Gasteiger partial charge in [-0.25, -0.2) is 8.42 Å². The normalized spacial score (nSPS) is 18.6. The monoisotopic (exact) mass is 363 g/mol. The fourth-order valence-electron chi connectivity index (χ4n) is 2.97. The summed E-state index contributed by atoms with van der Waals surface area (Å²) < 4.78 is 25.2. The van der Waals surface area contributed by atoms with Crippen molar-refractivity contribution in [3.63, 3.8) is 0 Å². The van der Waals surface area contributed by atoms with Crippen molar-refractivity contribution in [2.24, 2.45) is 5.92 Å². The molecular weight excluding hydrogens is 346 g/mol. The first-order chi connectivity index (χ1) is 11.5. The van der Waals surface area contributed by atoms with Crippen molar-refractivity contribution in [1.82, 2.24) is 0 Å². The molecule has 4 nitrogen and oxygen atoms in total. The zero-order valence-electron chi connectivity index (χ0n) is 13.1. The van der Waals surface area contributed by atoms with Gasteiger partial charge in [0.2, 0.25) is 5.91 Å². The van der Waals surface area contributed by atoms with Gasteiger partial charge in [-0.1, -0.05) is 29.8 Å². The van der Waals surface area contributed by atoms with Crippen molar-refractivity contribution in [3.05, 3.63) is 59.6 Å². The van der Waals surface area contributed by atoms with Crippen LogP contribution in [-0.4, -0.2) is 26.6 Å². The number of nitrogens with zero attached hydrogens (tertiary/aromatic N) is 1. The summed E-state index contributed by atoms with van der Waals surface area (Å²) in [7, 11) is -3.52. The molecule has 1 amide bonds. The molecule has 1 aliphatic heterocycles. The van der Waals surface area contributed by atoms with Gasteiger partial charge in [0, 0.05) is 17.3 Å². The van der Waals surface area contributed by atoms with Crippen LogP contribution in [0.4, 0.5) is 5.69 Å². The molecule has 1 saturated heterocycles. The summed E-state index contributed by atoms with van der Waals surface area (Å²) in [6.45, 7) is 0.625. The number of amides is 1. The first kappa shape index (κ1) is 17.0. The van der Waals surface area contributed by atoms with Crippen LogP contribution < -0.4 is 4.90 Å². The number of rotatable bonds is 4. The van der Waals surface area contributed by atoms with E-state index in [0.717, 1.165) is 12.1 Å². The SMILES string of the molecule is O=C1C(CS(=O)(=O)c2ccc(Cl)cc2)CCCN1c1ccccc1. The molecule has 0 aliphatic carbocycles. The second-order valence-electron chi connectivity index (χ2n) is 5.90. The minimum Gasteiger partial charge on any atom is -0.312 e. The van der Waals surface area contributed by atoms with E-state index in [9.17, 15) is 13.2 Å². The summed E-state index contributed by atoms with van der Waals surface area (Å²) in [5.74, 6) is -0.804. The largest absolute Gasteiger partial charge is 0.312 e. The smallest absolute Gasteiger partial charge is 0.231 e. The molecule has 0 saturated carbocycles. The highest BCUT2D eigenvalue weighted by molar-refractivity contribution is 7.91. The summed E-state index contributed by atoms with van der Waals surface area (Å²) >= 11 is 5.81. The Hall–Kier alpha value is -1.85. The molecule has 0 bridgehead atoms. The first-order valence-corrected chi connectivity index (χ1v) is 9.85. The second-order valence-corrected chi connectivity index (χ2v) is 8.37. The Bertz CT molecular complexity index is 819. The van der Waals surface area contributed by atoms with Crippen LogP contribution >= 0.6 is 11.6 Å². The van der Waals surface area contributed by atoms with Crippen LogP contribution in [-0.2, 0) is 14.6 Å². The average molecular weight is 364 g/mol. The molecule has 2 aromatic carbocycles. The lowest BCUT2D eigenvalue weighted by Gasteiger charge is -2.32. The number of hydrogen-bond acceptors (Lipinski definition) is 3. The number of anilines is 1. The van der Waals surface area contributed by atoms with Crippen molar-refractivity contribution in [2.75, 3.05) is 17.2 Å². The lowest BCUT2D eigenvalue weighted by molar-refractivity contribution is -0.123. The van der Waals surface area contributed by atoms with Gasteiger partial charge < -0.3 is 4.90 Å². The summed E-state index contributed by atoms with van der Waals surface area (Å²) in [5, 5.41) is 0.484. The van der Waals surface area contributed by atoms with Crippen LogP contribution in [0, 0.1) is 5.92 Å². The zero-order chi connectivity index (χ0) is 17.2. The van der Waals surface area contributed by atoms with Gasteiger partial charge in [-0.05, 0) is 49.2 Å². The van der Waals surface area contributed by atoms with Crippen molar-refractivity contribution in [3.8, 4) is 0 Å². The molecule has 0 radical (unpaired) electrons. The second kappa shape index (κ2) is 6.95. The van der Waals surface area contributed by atoms with E-state index in [-0.39, 0.29) is 16.6 Å². The number of hydrogen-bond donors (Lipinski definition) is 0. The quantitative estimate of drug-likeness (QED) is 0.834. The third kappa shape index (κ3) is 3.62. The van der Waals surface area contributed by atoms with E-state index in [4.69, 9.17) is 11.6 Å². The van der Waals surface area contributed by atoms with Gasteiger partial charge in [0.1, 0.15) is 0 Å². The van der Waals surface area contributed by atoms with E-state index in [1.54, 1.807) is 17.0 Å². The summed E-state index contributed by atoms with van der Waals surface area (Å²) in [6.07, 6.45) is 1.39. The third-order valence-electron chi connectivity index (χ3n) is 4.21. The van der Waals surface area contributed by atoms with Crippen LogP contribution in [0.15, 0.2) is 59.5 Å². The Morgan fingerprint density at radius 3 is 2.38 bits per heavy atom. The van der Waals surface area contributed by atoms with E-state index < -0.39 is 15.8 Å². The Kier molecular flexibility index (Phi) is 4.92. The molecule has 3 rings (SSSR count). The van der Waals surface area contributed by atoms with Crippen molar-refractivity contribution in [2.45, 2.75) is 17.7 Å². The number of halogens is 1. The van der Waals surface area contributed by atoms with Gasteiger partial charge in [-0.2, -0.15) is 0 Å². The van der Waals surface area contributed by atoms with Crippen LogP contribution in [0.5, 0.6) is 0 Å². The molecule has 1 fully saturated rings. The number of sulfone groups is 1. The number of piperidine rings is 1. The predicted molar refractivity (Wildman–Crippen MR) is 95.0 cm³/mol. The van der Waals surface area contributed by atoms with Crippen LogP contribution in [0.2, 0.25) is 5.02 Å². The van der Waals surface area contributed by atoms with Crippen molar-refractivity contribution in [1.29, 1.82) is 0 Å². The Labute approximate surface area is 147 Å². The first-order valence-electron chi connectivity index (χ1n) is 7.82.